The van der Waals surface area contributed by atoms with Crippen LogP contribution < -0.4 is 9.47 Å². The molecule has 0 saturated heterocycles. The van der Waals surface area contributed by atoms with E-state index in [-0.39, 0.29) is 0 Å². The zero-order chi connectivity index (χ0) is 17.7. The van der Waals surface area contributed by atoms with Gasteiger partial charge in [0.05, 0.1) is 5.56 Å². The summed E-state index contributed by atoms with van der Waals surface area (Å²) in [6.07, 6.45) is -4.36. The molecule has 2 nitrogen and oxygen atoms in total. The Morgan fingerprint density at radius 3 is 2.04 bits per heavy atom. The van der Waals surface area contributed by atoms with Gasteiger partial charge < -0.3 is 9.47 Å². The van der Waals surface area contributed by atoms with Gasteiger partial charge in [-0.1, -0.05) is 36.4 Å². The maximum Gasteiger partial charge on any atom is 0.416 e. The van der Waals surface area contributed by atoms with Crippen LogP contribution in [0.2, 0.25) is 0 Å². The van der Waals surface area contributed by atoms with Gasteiger partial charge in [0.1, 0.15) is 23.9 Å². The lowest BCUT2D eigenvalue weighted by Crippen LogP contribution is -2.03. The van der Waals surface area contributed by atoms with E-state index in [0.29, 0.717) is 23.9 Å². The molecule has 0 aromatic heterocycles. The highest BCUT2D eigenvalue weighted by atomic mass is 19.4. The van der Waals surface area contributed by atoms with Crippen molar-refractivity contribution in [3.63, 3.8) is 0 Å². The average Bonchev–Trinajstić information content (AvgIpc) is 2.61. The van der Waals surface area contributed by atoms with Crippen molar-refractivity contribution in [3.05, 3.63) is 90.0 Å². The minimum atomic E-state index is -4.36. The van der Waals surface area contributed by atoms with Crippen LogP contribution in [-0.4, -0.2) is 0 Å². The van der Waals surface area contributed by atoms with Crippen molar-refractivity contribution in [2.45, 2.75) is 12.8 Å². The molecule has 0 aliphatic heterocycles. The summed E-state index contributed by atoms with van der Waals surface area (Å²) < 4.78 is 49.0. The first-order valence-corrected chi connectivity index (χ1v) is 7.62. The molecule has 128 valence electrons. The quantitative estimate of drug-likeness (QED) is 0.559. The first kappa shape index (κ1) is 16.9. The molecule has 5 heteroatoms. The molecule has 0 unspecified atom stereocenters. The Morgan fingerprint density at radius 2 is 1.36 bits per heavy atom. The number of rotatable bonds is 5. The number of hydrogen-bond acceptors (Lipinski definition) is 2. The molecule has 0 amide bonds. The van der Waals surface area contributed by atoms with Crippen LogP contribution in [0.3, 0.4) is 0 Å². The van der Waals surface area contributed by atoms with E-state index in [1.807, 2.05) is 30.3 Å². The second kappa shape index (κ2) is 7.30. The normalized spacial score (nSPS) is 11.2. The molecule has 3 aromatic rings. The smallest absolute Gasteiger partial charge is 0.416 e. The van der Waals surface area contributed by atoms with Crippen LogP contribution in [0.5, 0.6) is 17.2 Å². The van der Waals surface area contributed by atoms with Gasteiger partial charge in [0.2, 0.25) is 0 Å². The van der Waals surface area contributed by atoms with Crippen LogP contribution in [0.25, 0.3) is 0 Å². The molecule has 3 rings (SSSR count). The largest absolute Gasteiger partial charge is 0.489 e. The summed E-state index contributed by atoms with van der Waals surface area (Å²) in [7, 11) is 0. The number of hydrogen-bond donors (Lipinski definition) is 0. The highest BCUT2D eigenvalue weighted by Gasteiger charge is 2.30. The lowest BCUT2D eigenvalue weighted by atomic mass is 10.2. The summed E-state index contributed by atoms with van der Waals surface area (Å²) in [5.74, 6) is 1.44. The van der Waals surface area contributed by atoms with Crippen LogP contribution >= 0.6 is 0 Å². The standard InChI is InChI=1S/C20H15F3O2/c21-20(22,23)16-9-11-17(12-10-16)25-19-8-4-7-18(13-19)24-14-15-5-2-1-3-6-15/h1-13H,14H2. The first-order chi connectivity index (χ1) is 12.0. The summed E-state index contributed by atoms with van der Waals surface area (Å²) in [6.45, 7) is 0.421. The fraction of sp³-hybridized carbons (Fsp3) is 0.100. The van der Waals surface area contributed by atoms with E-state index in [2.05, 4.69) is 0 Å². The fourth-order valence-electron chi connectivity index (χ4n) is 2.22. The zero-order valence-electron chi connectivity index (χ0n) is 13.2. The molecule has 0 N–H and O–H groups in total. The van der Waals surface area contributed by atoms with Crippen LogP contribution in [0, 0.1) is 0 Å². The van der Waals surface area contributed by atoms with Crippen molar-refractivity contribution in [3.8, 4) is 17.2 Å². The predicted octanol–water partition coefficient (Wildman–Crippen LogP) is 6.08. The molecule has 0 fully saturated rings. The predicted molar refractivity (Wildman–Crippen MR) is 88.7 cm³/mol. The molecule has 0 radical (unpaired) electrons. The molecule has 0 atom stereocenters. The van der Waals surface area contributed by atoms with Crippen molar-refractivity contribution >= 4 is 0 Å². The van der Waals surface area contributed by atoms with Crippen molar-refractivity contribution in [1.29, 1.82) is 0 Å². The topological polar surface area (TPSA) is 18.5 Å². The van der Waals surface area contributed by atoms with Gasteiger partial charge in [-0.15, -0.1) is 0 Å². The Morgan fingerprint density at radius 1 is 0.680 bits per heavy atom. The summed E-state index contributed by atoms with van der Waals surface area (Å²) >= 11 is 0. The number of benzene rings is 3. The molecule has 0 spiro atoms. The molecular formula is C20H15F3O2. The maximum atomic E-state index is 12.6. The summed E-state index contributed by atoms with van der Waals surface area (Å²) in [6, 6.07) is 21.3. The van der Waals surface area contributed by atoms with Gasteiger partial charge in [-0.25, -0.2) is 0 Å². The van der Waals surface area contributed by atoms with E-state index in [1.165, 1.54) is 12.1 Å². The van der Waals surface area contributed by atoms with Gasteiger partial charge in [0.25, 0.3) is 0 Å². The lowest BCUT2D eigenvalue weighted by Gasteiger charge is -2.11. The first-order valence-electron chi connectivity index (χ1n) is 7.62. The Bertz CT molecular complexity index is 812. The van der Waals surface area contributed by atoms with E-state index in [0.717, 1.165) is 17.7 Å². The molecule has 0 aliphatic rings. The maximum absolute atomic E-state index is 12.6. The highest BCUT2D eigenvalue weighted by molar-refractivity contribution is 5.38. The fourth-order valence-corrected chi connectivity index (χ4v) is 2.22. The van der Waals surface area contributed by atoms with Crippen molar-refractivity contribution < 1.29 is 22.6 Å². The van der Waals surface area contributed by atoms with Crippen LogP contribution in [0.1, 0.15) is 11.1 Å². The van der Waals surface area contributed by atoms with Crippen LogP contribution in [0.4, 0.5) is 13.2 Å². The number of alkyl halides is 3. The van der Waals surface area contributed by atoms with Crippen LogP contribution in [-0.2, 0) is 12.8 Å². The van der Waals surface area contributed by atoms with Gasteiger partial charge in [0.15, 0.2) is 0 Å². The third-order valence-electron chi connectivity index (χ3n) is 3.47. The van der Waals surface area contributed by atoms with Crippen LogP contribution in [0.15, 0.2) is 78.9 Å². The van der Waals surface area contributed by atoms with E-state index < -0.39 is 11.7 Å². The monoisotopic (exact) mass is 344 g/mol. The average molecular weight is 344 g/mol. The van der Waals surface area contributed by atoms with Gasteiger partial charge in [-0.05, 0) is 42.0 Å². The lowest BCUT2D eigenvalue weighted by molar-refractivity contribution is -0.137. The Hall–Kier alpha value is -2.95. The zero-order valence-corrected chi connectivity index (χ0v) is 13.2. The molecule has 0 bridgehead atoms. The molecule has 0 aliphatic carbocycles. The second-order valence-electron chi connectivity index (χ2n) is 5.37. The van der Waals surface area contributed by atoms with Crippen molar-refractivity contribution in [1.82, 2.24) is 0 Å². The molecule has 0 saturated carbocycles. The molecule has 3 aromatic carbocycles. The SMILES string of the molecule is FC(F)(F)c1ccc(Oc2cccc(OCc3ccccc3)c2)cc1. The van der Waals surface area contributed by atoms with Crippen molar-refractivity contribution in [2.24, 2.45) is 0 Å². The van der Waals surface area contributed by atoms with E-state index in [4.69, 9.17) is 9.47 Å². The van der Waals surface area contributed by atoms with Crippen molar-refractivity contribution in [2.75, 3.05) is 0 Å². The Labute approximate surface area is 143 Å². The number of halogens is 3. The van der Waals surface area contributed by atoms with Gasteiger partial charge >= 0.3 is 6.18 Å². The van der Waals surface area contributed by atoms with E-state index in [9.17, 15) is 13.2 Å². The number of ether oxygens (including phenoxy) is 2. The minimum absolute atomic E-state index is 0.327. The molecule has 25 heavy (non-hydrogen) atoms. The van der Waals surface area contributed by atoms with E-state index >= 15 is 0 Å². The summed E-state index contributed by atoms with van der Waals surface area (Å²) in [5.41, 5.74) is 0.330. The highest BCUT2D eigenvalue weighted by Crippen LogP contribution is 2.32. The Kier molecular flexibility index (Phi) is 4.93. The summed E-state index contributed by atoms with van der Waals surface area (Å²) in [4.78, 5) is 0. The summed E-state index contributed by atoms with van der Waals surface area (Å²) in [5, 5.41) is 0. The third kappa shape index (κ3) is 4.76. The van der Waals surface area contributed by atoms with Gasteiger partial charge in [-0.3, -0.25) is 0 Å². The third-order valence-corrected chi connectivity index (χ3v) is 3.47. The Balaban J connectivity index is 1.65. The van der Waals surface area contributed by atoms with Gasteiger partial charge in [-0.2, -0.15) is 13.2 Å². The minimum Gasteiger partial charge on any atom is -0.489 e. The molecular weight excluding hydrogens is 329 g/mol. The second-order valence-corrected chi connectivity index (χ2v) is 5.37. The van der Waals surface area contributed by atoms with E-state index in [1.54, 1.807) is 24.3 Å². The van der Waals surface area contributed by atoms with Gasteiger partial charge in [0, 0.05) is 6.07 Å². The molecule has 0 heterocycles.